The highest BCUT2D eigenvalue weighted by Gasteiger charge is 2.47. The van der Waals surface area contributed by atoms with Crippen LogP contribution in [0.3, 0.4) is 0 Å². The molecule has 0 aromatic carbocycles. The van der Waals surface area contributed by atoms with Crippen molar-refractivity contribution >= 4 is 6.29 Å². The summed E-state index contributed by atoms with van der Waals surface area (Å²) in [6.07, 6.45) is 6.64. The van der Waals surface area contributed by atoms with Crippen molar-refractivity contribution in [3.8, 4) is 0 Å². The SMILES string of the molecule is O=CC1(N2CCCNNCCCCNC2)CC1. The first kappa shape index (κ1) is 13.0. The predicted molar refractivity (Wildman–Crippen MR) is 67.5 cm³/mol. The topological polar surface area (TPSA) is 56.4 Å². The van der Waals surface area contributed by atoms with Gasteiger partial charge in [0, 0.05) is 26.3 Å². The molecule has 5 nitrogen and oxygen atoms in total. The second-order valence-electron chi connectivity index (χ2n) is 5.06. The third-order valence-corrected chi connectivity index (χ3v) is 3.67. The summed E-state index contributed by atoms with van der Waals surface area (Å²) in [5, 5.41) is 3.45. The Balaban J connectivity index is 1.82. The molecule has 1 saturated heterocycles. The molecule has 2 aliphatic rings. The first-order chi connectivity index (χ1) is 8.37. The predicted octanol–water partition coefficient (Wildman–Crippen LogP) is -0.155. The van der Waals surface area contributed by atoms with E-state index in [2.05, 4.69) is 21.1 Å². The first-order valence-corrected chi connectivity index (χ1v) is 6.75. The van der Waals surface area contributed by atoms with E-state index in [-0.39, 0.29) is 5.54 Å². The Morgan fingerprint density at radius 2 is 1.71 bits per heavy atom. The van der Waals surface area contributed by atoms with E-state index in [1.165, 1.54) is 12.8 Å². The molecule has 0 spiro atoms. The average Bonchev–Trinajstić information content (AvgIpc) is 3.11. The maximum absolute atomic E-state index is 11.2. The van der Waals surface area contributed by atoms with Gasteiger partial charge >= 0.3 is 0 Å². The van der Waals surface area contributed by atoms with E-state index in [0.717, 1.165) is 58.4 Å². The van der Waals surface area contributed by atoms with Gasteiger partial charge in [-0.05, 0) is 38.6 Å². The van der Waals surface area contributed by atoms with Crippen LogP contribution in [0.4, 0.5) is 0 Å². The fraction of sp³-hybridized carbons (Fsp3) is 0.917. The van der Waals surface area contributed by atoms with Crippen molar-refractivity contribution in [3.05, 3.63) is 0 Å². The molecular weight excluding hydrogens is 216 g/mol. The van der Waals surface area contributed by atoms with Gasteiger partial charge in [0.25, 0.3) is 0 Å². The molecule has 0 aromatic heterocycles. The van der Waals surface area contributed by atoms with Gasteiger partial charge in [-0.1, -0.05) is 0 Å². The van der Waals surface area contributed by atoms with Crippen LogP contribution in [0.2, 0.25) is 0 Å². The van der Waals surface area contributed by atoms with Crippen molar-refractivity contribution in [2.75, 3.05) is 32.8 Å². The highest BCUT2D eigenvalue weighted by molar-refractivity contribution is 5.68. The molecule has 2 rings (SSSR count). The Morgan fingerprint density at radius 1 is 1.00 bits per heavy atom. The molecule has 98 valence electrons. The van der Waals surface area contributed by atoms with Gasteiger partial charge in [-0.15, -0.1) is 0 Å². The van der Waals surface area contributed by atoms with Gasteiger partial charge in [0.05, 0.1) is 5.54 Å². The first-order valence-electron chi connectivity index (χ1n) is 6.75. The van der Waals surface area contributed by atoms with Crippen LogP contribution in [-0.2, 0) is 4.79 Å². The molecule has 0 radical (unpaired) electrons. The Labute approximate surface area is 103 Å². The lowest BCUT2D eigenvalue weighted by atomic mass is 10.2. The fourth-order valence-electron chi connectivity index (χ4n) is 2.31. The van der Waals surface area contributed by atoms with Gasteiger partial charge in [0.15, 0.2) is 0 Å². The van der Waals surface area contributed by atoms with Crippen LogP contribution in [0.5, 0.6) is 0 Å². The minimum atomic E-state index is -0.134. The van der Waals surface area contributed by atoms with E-state index in [1.807, 2.05) is 0 Å². The molecule has 0 atom stereocenters. The number of carbonyl (C=O) groups is 1. The molecule has 5 heteroatoms. The number of aldehydes is 1. The summed E-state index contributed by atoms with van der Waals surface area (Å²) in [5.41, 5.74) is 6.31. The molecule has 0 amide bonds. The zero-order chi connectivity index (χ0) is 12.0. The summed E-state index contributed by atoms with van der Waals surface area (Å²) in [6.45, 7) is 4.87. The lowest BCUT2D eigenvalue weighted by Gasteiger charge is -2.28. The van der Waals surface area contributed by atoms with Gasteiger partial charge < -0.3 is 10.1 Å². The highest BCUT2D eigenvalue weighted by Crippen LogP contribution is 2.39. The Kier molecular flexibility index (Phi) is 4.91. The molecule has 1 heterocycles. The molecule has 0 aromatic rings. The lowest BCUT2D eigenvalue weighted by molar-refractivity contribution is -0.114. The van der Waals surface area contributed by atoms with Crippen LogP contribution in [0.15, 0.2) is 0 Å². The molecule has 2 fully saturated rings. The number of hydrogen-bond acceptors (Lipinski definition) is 5. The lowest BCUT2D eigenvalue weighted by Crippen LogP contribution is -2.46. The zero-order valence-electron chi connectivity index (χ0n) is 10.5. The number of rotatable bonds is 2. The molecule has 1 saturated carbocycles. The maximum atomic E-state index is 11.2. The average molecular weight is 240 g/mol. The van der Waals surface area contributed by atoms with E-state index in [9.17, 15) is 4.79 Å². The van der Waals surface area contributed by atoms with Crippen LogP contribution < -0.4 is 16.2 Å². The molecular formula is C12H24N4O. The fourth-order valence-corrected chi connectivity index (χ4v) is 2.31. The van der Waals surface area contributed by atoms with Gasteiger partial charge in [0.1, 0.15) is 6.29 Å². The largest absolute Gasteiger partial charge is 0.304 e. The van der Waals surface area contributed by atoms with Crippen LogP contribution in [0.1, 0.15) is 32.1 Å². The second-order valence-corrected chi connectivity index (χ2v) is 5.06. The van der Waals surface area contributed by atoms with Gasteiger partial charge in [-0.3, -0.25) is 15.8 Å². The summed E-state index contributed by atoms with van der Waals surface area (Å²) in [7, 11) is 0. The smallest absolute Gasteiger partial charge is 0.140 e. The number of nitrogens with one attached hydrogen (secondary N) is 3. The van der Waals surface area contributed by atoms with Crippen molar-refractivity contribution in [1.82, 2.24) is 21.1 Å². The quantitative estimate of drug-likeness (QED) is 0.586. The van der Waals surface area contributed by atoms with Gasteiger partial charge in [0.2, 0.25) is 0 Å². The van der Waals surface area contributed by atoms with E-state index in [1.54, 1.807) is 0 Å². The Bertz CT molecular complexity index is 231. The number of hydrazine groups is 1. The summed E-state index contributed by atoms with van der Waals surface area (Å²) < 4.78 is 0. The summed E-state index contributed by atoms with van der Waals surface area (Å²) >= 11 is 0. The van der Waals surface area contributed by atoms with Crippen LogP contribution in [-0.4, -0.2) is 49.6 Å². The summed E-state index contributed by atoms with van der Waals surface area (Å²) in [5.74, 6) is 0. The molecule has 1 aliphatic carbocycles. The monoisotopic (exact) mass is 240 g/mol. The Hall–Kier alpha value is -0.490. The molecule has 0 unspecified atom stereocenters. The van der Waals surface area contributed by atoms with Crippen LogP contribution >= 0.6 is 0 Å². The van der Waals surface area contributed by atoms with Crippen LogP contribution in [0.25, 0.3) is 0 Å². The van der Waals surface area contributed by atoms with Crippen molar-refractivity contribution in [2.24, 2.45) is 0 Å². The van der Waals surface area contributed by atoms with E-state index < -0.39 is 0 Å². The summed E-state index contributed by atoms with van der Waals surface area (Å²) in [4.78, 5) is 13.5. The van der Waals surface area contributed by atoms with Crippen molar-refractivity contribution in [1.29, 1.82) is 0 Å². The highest BCUT2D eigenvalue weighted by atomic mass is 16.1. The van der Waals surface area contributed by atoms with E-state index >= 15 is 0 Å². The molecule has 3 N–H and O–H groups in total. The number of hydrogen-bond donors (Lipinski definition) is 3. The van der Waals surface area contributed by atoms with Crippen molar-refractivity contribution < 1.29 is 4.79 Å². The van der Waals surface area contributed by atoms with Gasteiger partial charge in [-0.2, -0.15) is 0 Å². The standard InChI is InChI=1S/C12H24N4O/c17-10-12(4-5-12)16-9-3-8-15-14-7-2-1-6-13-11-16/h10,13-15H,1-9,11H2. The molecule has 0 bridgehead atoms. The minimum absolute atomic E-state index is 0.134. The van der Waals surface area contributed by atoms with E-state index in [0.29, 0.717) is 0 Å². The van der Waals surface area contributed by atoms with Crippen LogP contribution in [0, 0.1) is 0 Å². The Morgan fingerprint density at radius 3 is 2.41 bits per heavy atom. The molecule has 17 heavy (non-hydrogen) atoms. The number of nitrogens with zero attached hydrogens (tertiary/aromatic N) is 1. The maximum Gasteiger partial charge on any atom is 0.140 e. The van der Waals surface area contributed by atoms with Gasteiger partial charge in [-0.25, -0.2) is 0 Å². The van der Waals surface area contributed by atoms with E-state index in [4.69, 9.17) is 0 Å². The molecule has 1 aliphatic heterocycles. The summed E-state index contributed by atoms with van der Waals surface area (Å²) in [6, 6.07) is 0. The second kappa shape index (κ2) is 6.44. The zero-order valence-corrected chi connectivity index (χ0v) is 10.5. The van der Waals surface area contributed by atoms with Crippen molar-refractivity contribution in [3.63, 3.8) is 0 Å². The normalized spacial score (nSPS) is 27.8. The third-order valence-electron chi connectivity index (χ3n) is 3.67. The number of carbonyl (C=O) groups excluding carboxylic acids is 1. The third kappa shape index (κ3) is 3.74. The van der Waals surface area contributed by atoms with Crippen molar-refractivity contribution in [2.45, 2.75) is 37.6 Å². The minimum Gasteiger partial charge on any atom is -0.304 e.